The molecule has 6 heteroatoms. The molecule has 1 aliphatic heterocycles. The van der Waals surface area contributed by atoms with Gasteiger partial charge in [-0.1, -0.05) is 30.3 Å². The Hall–Kier alpha value is -2.08. The van der Waals surface area contributed by atoms with E-state index in [0.29, 0.717) is 19.7 Å². The van der Waals surface area contributed by atoms with Crippen LogP contribution < -0.4 is 5.32 Å². The first kappa shape index (κ1) is 15.3. The smallest absolute Gasteiger partial charge is 0.332 e. The fourth-order valence-electron chi connectivity index (χ4n) is 2.30. The van der Waals surface area contributed by atoms with Crippen molar-refractivity contribution in [1.82, 2.24) is 10.2 Å². The number of ether oxygens (including phenoxy) is 1. The molecule has 0 aromatic heterocycles. The summed E-state index contributed by atoms with van der Waals surface area (Å²) in [5, 5.41) is 12.0. The highest BCUT2D eigenvalue weighted by Gasteiger charge is 2.44. The van der Waals surface area contributed by atoms with Crippen LogP contribution in [0.2, 0.25) is 0 Å². The molecule has 0 saturated carbocycles. The molecule has 2 rings (SSSR count). The Labute approximate surface area is 123 Å². The molecule has 1 aromatic carbocycles. The zero-order chi connectivity index (χ0) is 15.3. The van der Waals surface area contributed by atoms with Gasteiger partial charge in [0.1, 0.15) is 0 Å². The van der Waals surface area contributed by atoms with Gasteiger partial charge in [-0.3, -0.25) is 0 Å². The second kappa shape index (κ2) is 6.58. The second-order valence-electron chi connectivity index (χ2n) is 5.12. The topological polar surface area (TPSA) is 78.9 Å². The first-order valence-electron chi connectivity index (χ1n) is 6.99. The number of carbonyl (C=O) groups excluding carboxylic acids is 1. The van der Waals surface area contributed by atoms with Crippen molar-refractivity contribution in [2.24, 2.45) is 0 Å². The molecule has 1 aromatic rings. The van der Waals surface area contributed by atoms with Gasteiger partial charge in [0.05, 0.1) is 6.61 Å². The number of nitrogens with one attached hydrogen (secondary N) is 1. The van der Waals surface area contributed by atoms with Crippen molar-refractivity contribution in [3.05, 3.63) is 35.9 Å². The molecule has 2 N–H and O–H groups in total. The fraction of sp³-hybridized carbons (Fsp3) is 0.467. The van der Waals surface area contributed by atoms with E-state index in [1.165, 1.54) is 0 Å². The van der Waals surface area contributed by atoms with E-state index >= 15 is 0 Å². The minimum Gasteiger partial charge on any atom is -0.479 e. The van der Waals surface area contributed by atoms with Crippen LogP contribution in [-0.2, 0) is 16.1 Å². The summed E-state index contributed by atoms with van der Waals surface area (Å²) < 4.78 is 5.14. The van der Waals surface area contributed by atoms with Crippen molar-refractivity contribution in [1.29, 1.82) is 0 Å². The molecule has 1 aliphatic rings. The van der Waals surface area contributed by atoms with E-state index in [2.05, 4.69) is 5.32 Å². The monoisotopic (exact) mass is 292 g/mol. The molecular weight excluding hydrogens is 272 g/mol. The maximum Gasteiger partial charge on any atom is 0.332 e. The summed E-state index contributed by atoms with van der Waals surface area (Å²) in [5.74, 6) is -1.05. The van der Waals surface area contributed by atoms with Crippen LogP contribution in [0.5, 0.6) is 0 Å². The molecule has 6 nitrogen and oxygen atoms in total. The van der Waals surface area contributed by atoms with Crippen LogP contribution in [0.1, 0.15) is 18.9 Å². The summed E-state index contributed by atoms with van der Waals surface area (Å²) in [6.45, 7) is 3.16. The average molecular weight is 292 g/mol. The molecule has 0 spiro atoms. The van der Waals surface area contributed by atoms with E-state index < -0.39 is 11.5 Å². The molecule has 2 amide bonds. The van der Waals surface area contributed by atoms with Gasteiger partial charge in [0.2, 0.25) is 0 Å². The second-order valence-corrected chi connectivity index (χ2v) is 5.12. The summed E-state index contributed by atoms with van der Waals surface area (Å²) in [5.41, 5.74) is -0.303. The largest absolute Gasteiger partial charge is 0.479 e. The van der Waals surface area contributed by atoms with E-state index in [-0.39, 0.29) is 19.1 Å². The number of urea groups is 1. The minimum absolute atomic E-state index is 0.0109. The van der Waals surface area contributed by atoms with Crippen molar-refractivity contribution in [2.45, 2.75) is 25.4 Å². The Morgan fingerprint density at radius 2 is 2.10 bits per heavy atom. The molecule has 0 aliphatic carbocycles. The lowest BCUT2D eigenvalue weighted by atomic mass is 9.99. The summed E-state index contributed by atoms with van der Waals surface area (Å²) >= 11 is 0. The van der Waals surface area contributed by atoms with Gasteiger partial charge in [0.15, 0.2) is 5.54 Å². The lowest BCUT2D eigenvalue weighted by molar-refractivity contribution is -0.144. The predicted octanol–water partition coefficient (Wildman–Crippen LogP) is 1.46. The summed E-state index contributed by atoms with van der Waals surface area (Å²) in [7, 11) is 0. The van der Waals surface area contributed by atoms with Gasteiger partial charge >= 0.3 is 12.0 Å². The Morgan fingerprint density at radius 3 is 2.62 bits per heavy atom. The Balaban J connectivity index is 2.04. The Morgan fingerprint density at radius 1 is 1.38 bits per heavy atom. The molecule has 21 heavy (non-hydrogen) atoms. The molecule has 1 saturated heterocycles. The van der Waals surface area contributed by atoms with Gasteiger partial charge in [-0.25, -0.2) is 9.59 Å². The van der Waals surface area contributed by atoms with Crippen LogP contribution in [0.25, 0.3) is 0 Å². The molecular formula is C15H20N2O4. The summed E-state index contributed by atoms with van der Waals surface area (Å²) in [4.78, 5) is 25.3. The van der Waals surface area contributed by atoms with E-state index in [1.54, 1.807) is 4.90 Å². The summed E-state index contributed by atoms with van der Waals surface area (Å²) in [6, 6.07) is 9.21. The third-order valence-electron chi connectivity index (χ3n) is 3.66. The highest BCUT2D eigenvalue weighted by atomic mass is 16.5. The zero-order valence-electron chi connectivity index (χ0n) is 12.0. The number of rotatable bonds is 5. The standard InChI is InChI=1S/C15H20N2O4/c1-2-17(10-12-6-4-3-5-7-12)14(20)16-15(13(18)19)8-9-21-11-15/h3-7H,2,8-11H2,1H3,(H,16,20)(H,18,19). The van der Waals surface area contributed by atoms with Gasteiger partial charge in [-0.15, -0.1) is 0 Å². The van der Waals surface area contributed by atoms with E-state index in [9.17, 15) is 14.7 Å². The number of amides is 2. The number of nitrogens with zero attached hydrogens (tertiary/aromatic N) is 1. The van der Waals surface area contributed by atoms with E-state index in [1.807, 2.05) is 37.3 Å². The third kappa shape index (κ3) is 3.52. The molecule has 0 radical (unpaired) electrons. The van der Waals surface area contributed by atoms with Crippen molar-refractivity contribution in [2.75, 3.05) is 19.8 Å². The number of aliphatic carboxylic acids is 1. The fourth-order valence-corrected chi connectivity index (χ4v) is 2.30. The molecule has 0 bridgehead atoms. The van der Waals surface area contributed by atoms with Crippen LogP contribution >= 0.6 is 0 Å². The number of carboxylic acid groups (broad SMARTS) is 1. The van der Waals surface area contributed by atoms with Crippen molar-refractivity contribution in [3.63, 3.8) is 0 Å². The maximum absolute atomic E-state index is 12.3. The number of hydrogen-bond donors (Lipinski definition) is 2. The normalized spacial score (nSPS) is 21.0. The van der Waals surface area contributed by atoms with Crippen LogP contribution in [0, 0.1) is 0 Å². The zero-order valence-corrected chi connectivity index (χ0v) is 12.0. The first-order chi connectivity index (χ1) is 10.1. The molecule has 1 heterocycles. The third-order valence-corrected chi connectivity index (χ3v) is 3.66. The van der Waals surface area contributed by atoms with Gasteiger partial charge < -0.3 is 20.1 Å². The molecule has 1 unspecified atom stereocenters. The van der Waals surface area contributed by atoms with Gasteiger partial charge in [0.25, 0.3) is 0 Å². The quantitative estimate of drug-likeness (QED) is 0.861. The SMILES string of the molecule is CCN(Cc1ccccc1)C(=O)NC1(C(=O)O)CCOC1. The number of benzene rings is 1. The maximum atomic E-state index is 12.3. The summed E-state index contributed by atoms with van der Waals surface area (Å²) in [6.07, 6.45) is 0.289. The Kier molecular flexibility index (Phi) is 4.80. The predicted molar refractivity (Wildman–Crippen MR) is 76.9 cm³/mol. The van der Waals surface area contributed by atoms with E-state index in [0.717, 1.165) is 5.56 Å². The number of carbonyl (C=O) groups is 2. The van der Waals surface area contributed by atoms with Crippen molar-refractivity contribution < 1.29 is 19.4 Å². The highest BCUT2D eigenvalue weighted by Crippen LogP contribution is 2.19. The molecule has 1 fully saturated rings. The van der Waals surface area contributed by atoms with Crippen molar-refractivity contribution in [3.8, 4) is 0 Å². The number of hydrogen-bond acceptors (Lipinski definition) is 3. The molecule has 1 atom stereocenters. The molecule has 114 valence electrons. The minimum atomic E-state index is -1.30. The van der Waals surface area contributed by atoms with Crippen LogP contribution in [0.3, 0.4) is 0 Å². The Bertz CT molecular complexity index is 498. The van der Waals surface area contributed by atoms with Crippen LogP contribution in [0.4, 0.5) is 4.79 Å². The average Bonchev–Trinajstić information content (AvgIpc) is 2.95. The van der Waals surface area contributed by atoms with Crippen LogP contribution in [0.15, 0.2) is 30.3 Å². The number of carboxylic acids is 1. The highest BCUT2D eigenvalue weighted by molar-refractivity contribution is 5.86. The van der Waals surface area contributed by atoms with Crippen molar-refractivity contribution >= 4 is 12.0 Å². The van der Waals surface area contributed by atoms with Crippen LogP contribution in [-0.4, -0.2) is 47.3 Å². The van der Waals surface area contributed by atoms with E-state index in [4.69, 9.17) is 4.74 Å². The lowest BCUT2D eigenvalue weighted by Crippen LogP contribution is -2.58. The first-order valence-corrected chi connectivity index (χ1v) is 6.99. The lowest BCUT2D eigenvalue weighted by Gasteiger charge is -2.29. The van der Waals surface area contributed by atoms with Gasteiger partial charge in [0, 0.05) is 26.1 Å². The van der Waals surface area contributed by atoms with Gasteiger partial charge in [-0.05, 0) is 12.5 Å². The van der Waals surface area contributed by atoms with Gasteiger partial charge in [-0.2, -0.15) is 0 Å².